The summed E-state index contributed by atoms with van der Waals surface area (Å²) in [7, 11) is 0. The number of thiophene rings is 1. The van der Waals surface area contributed by atoms with Gasteiger partial charge in [0.25, 0.3) is 5.56 Å². The quantitative estimate of drug-likeness (QED) is 0.938. The molecule has 1 N–H and O–H groups in total. The van der Waals surface area contributed by atoms with Crippen molar-refractivity contribution in [3.63, 3.8) is 0 Å². The van der Waals surface area contributed by atoms with Crippen LogP contribution in [0.5, 0.6) is 0 Å². The van der Waals surface area contributed by atoms with Crippen molar-refractivity contribution in [2.45, 2.75) is 32.2 Å². The van der Waals surface area contributed by atoms with Crippen molar-refractivity contribution < 1.29 is 9.18 Å². The van der Waals surface area contributed by atoms with E-state index in [1.54, 1.807) is 0 Å². The van der Waals surface area contributed by atoms with Gasteiger partial charge in [-0.25, -0.2) is 4.39 Å². The van der Waals surface area contributed by atoms with Gasteiger partial charge in [0.2, 0.25) is 5.91 Å². The minimum atomic E-state index is -0.582. The number of aryl methyl sites for hydroxylation is 1. The van der Waals surface area contributed by atoms with E-state index in [9.17, 15) is 19.2 Å². The fourth-order valence-electron chi connectivity index (χ4n) is 2.72. The summed E-state index contributed by atoms with van der Waals surface area (Å²) in [5.74, 6) is -1.03. The van der Waals surface area contributed by atoms with E-state index >= 15 is 0 Å². The van der Waals surface area contributed by atoms with Crippen LogP contribution in [0.3, 0.4) is 0 Å². The molecule has 2 heterocycles. The van der Waals surface area contributed by atoms with Crippen molar-refractivity contribution in [1.82, 2.24) is 4.57 Å². The Bertz CT molecular complexity index is 863. The summed E-state index contributed by atoms with van der Waals surface area (Å²) in [5.41, 5.74) is 1.10. The van der Waals surface area contributed by atoms with Crippen LogP contribution in [0.15, 0.2) is 23.1 Å². The molecule has 0 aliphatic heterocycles. The Balaban J connectivity index is 1.81. The minimum absolute atomic E-state index is 0.288. The molecule has 0 spiro atoms. The Morgan fingerprint density at radius 1 is 1.39 bits per heavy atom. The monoisotopic (exact) mass is 331 g/mol. The Kier molecular flexibility index (Phi) is 4.26. The lowest BCUT2D eigenvalue weighted by Crippen LogP contribution is -2.27. The number of aromatic nitrogens is 1. The summed E-state index contributed by atoms with van der Waals surface area (Å²) in [5, 5.41) is 12.6. The van der Waals surface area contributed by atoms with E-state index in [1.807, 2.05) is 0 Å². The fraction of sp³-hybridized carbons (Fsp3) is 0.312. The fourth-order valence-corrected chi connectivity index (χ4v) is 3.97. The number of pyridine rings is 1. The molecule has 0 saturated carbocycles. The molecule has 0 fully saturated rings. The van der Waals surface area contributed by atoms with Crippen molar-refractivity contribution in [3.8, 4) is 6.07 Å². The lowest BCUT2D eigenvalue weighted by Gasteiger charge is -2.09. The van der Waals surface area contributed by atoms with Crippen molar-refractivity contribution in [3.05, 3.63) is 50.5 Å². The molecule has 1 amide bonds. The van der Waals surface area contributed by atoms with Gasteiger partial charge in [-0.3, -0.25) is 9.59 Å². The average Bonchev–Trinajstić information content (AvgIpc) is 2.87. The van der Waals surface area contributed by atoms with E-state index in [4.69, 9.17) is 0 Å². The van der Waals surface area contributed by atoms with E-state index in [0.717, 1.165) is 59.0 Å². The first-order valence-electron chi connectivity index (χ1n) is 7.29. The van der Waals surface area contributed by atoms with Crippen molar-refractivity contribution in [2.75, 3.05) is 5.32 Å². The Labute approximate surface area is 136 Å². The summed E-state index contributed by atoms with van der Waals surface area (Å²) in [6, 6.07) is 4.29. The largest absolute Gasteiger partial charge is 0.315 e. The number of hydrogen-bond donors (Lipinski definition) is 1. The van der Waals surface area contributed by atoms with Gasteiger partial charge in [-0.1, -0.05) is 0 Å². The lowest BCUT2D eigenvalue weighted by molar-refractivity contribution is -0.116. The average molecular weight is 331 g/mol. The molecule has 0 unspecified atom stereocenters. The molecule has 1 aliphatic rings. The molecule has 2 aromatic rings. The summed E-state index contributed by atoms with van der Waals surface area (Å²) < 4.78 is 14.2. The van der Waals surface area contributed by atoms with Crippen molar-refractivity contribution in [2.24, 2.45) is 0 Å². The van der Waals surface area contributed by atoms with E-state index in [-0.39, 0.29) is 6.54 Å². The molecule has 5 nitrogen and oxygen atoms in total. The van der Waals surface area contributed by atoms with E-state index in [1.165, 1.54) is 11.3 Å². The van der Waals surface area contributed by atoms with Gasteiger partial charge in [-0.15, -0.1) is 11.3 Å². The number of halogens is 1. The van der Waals surface area contributed by atoms with Crippen LogP contribution in [-0.4, -0.2) is 10.5 Å². The Morgan fingerprint density at radius 2 is 2.17 bits per heavy atom. The van der Waals surface area contributed by atoms with Crippen LogP contribution in [0.4, 0.5) is 9.39 Å². The molecule has 0 radical (unpaired) electrons. The van der Waals surface area contributed by atoms with Crippen LogP contribution in [0.25, 0.3) is 0 Å². The maximum atomic E-state index is 13.2. The van der Waals surface area contributed by atoms with Gasteiger partial charge in [0, 0.05) is 17.1 Å². The van der Waals surface area contributed by atoms with Gasteiger partial charge >= 0.3 is 0 Å². The highest BCUT2D eigenvalue weighted by Gasteiger charge is 2.21. The molecule has 118 valence electrons. The number of hydrogen-bond acceptors (Lipinski definition) is 4. The molecule has 0 saturated heterocycles. The highest BCUT2D eigenvalue weighted by atomic mass is 32.1. The second-order valence-corrected chi connectivity index (χ2v) is 6.49. The van der Waals surface area contributed by atoms with E-state index in [0.29, 0.717) is 10.6 Å². The summed E-state index contributed by atoms with van der Waals surface area (Å²) >= 11 is 1.42. The first-order valence-corrected chi connectivity index (χ1v) is 8.10. The molecule has 3 rings (SSSR count). The number of anilines is 1. The molecule has 7 heteroatoms. The number of amides is 1. The van der Waals surface area contributed by atoms with Gasteiger partial charge in [-0.2, -0.15) is 5.26 Å². The maximum Gasteiger partial charge on any atom is 0.251 e. The van der Waals surface area contributed by atoms with Crippen LogP contribution >= 0.6 is 11.3 Å². The van der Waals surface area contributed by atoms with Crippen LogP contribution in [0.2, 0.25) is 0 Å². The zero-order valence-corrected chi connectivity index (χ0v) is 13.1. The molecular formula is C16H14FN3O2S. The number of nitriles is 1. The number of rotatable bonds is 3. The highest BCUT2D eigenvalue weighted by molar-refractivity contribution is 7.16. The van der Waals surface area contributed by atoms with Crippen LogP contribution in [-0.2, 0) is 24.2 Å². The van der Waals surface area contributed by atoms with Crippen LogP contribution < -0.4 is 10.9 Å². The van der Waals surface area contributed by atoms with E-state index < -0.39 is 17.3 Å². The molecule has 23 heavy (non-hydrogen) atoms. The van der Waals surface area contributed by atoms with Gasteiger partial charge in [0.05, 0.1) is 5.56 Å². The topological polar surface area (TPSA) is 74.9 Å². The first kappa shape index (κ1) is 15.4. The minimum Gasteiger partial charge on any atom is -0.315 e. The maximum absolute atomic E-state index is 13.2. The third-order valence-corrected chi connectivity index (χ3v) is 5.00. The molecule has 1 aliphatic carbocycles. The van der Waals surface area contributed by atoms with Crippen LogP contribution in [0, 0.1) is 17.1 Å². The molecule has 0 aromatic carbocycles. The van der Waals surface area contributed by atoms with Crippen LogP contribution in [0.1, 0.15) is 28.8 Å². The zero-order chi connectivity index (χ0) is 16.4. The number of fused-ring (bicyclic) bond motifs is 1. The molecular weight excluding hydrogens is 317 g/mol. The standard InChI is InChI=1S/C16H14FN3O2S/c17-10-5-6-15(22)20(8-10)9-14(21)19-16-12(7-18)11-3-1-2-4-13(11)23-16/h5-6,8H,1-4,9H2,(H,19,21). The zero-order valence-electron chi connectivity index (χ0n) is 12.3. The normalized spacial score (nSPS) is 13.2. The third-order valence-electron chi connectivity index (χ3n) is 3.80. The first-order chi connectivity index (χ1) is 11.1. The van der Waals surface area contributed by atoms with Crippen molar-refractivity contribution in [1.29, 1.82) is 5.26 Å². The molecule has 2 aromatic heterocycles. The highest BCUT2D eigenvalue weighted by Crippen LogP contribution is 2.37. The Hall–Kier alpha value is -2.46. The number of carbonyl (C=O) groups is 1. The molecule has 0 atom stereocenters. The summed E-state index contributed by atoms with van der Waals surface area (Å²) in [6.45, 7) is -0.288. The van der Waals surface area contributed by atoms with E-state index in [2.05, 4.69) is 11.4 Å². The summed E-state index contributed by atoms with van der Waals surface area (Å²) in [6.07, 6.45) is 4.91. The smallest absolute Gasteiger partial charge is 0.251 e. The summed E-state index contributed by atoms with van der Waals surface area (Å²) in [4.78, 5) is 24.9. The lowest BCUT2D eigenvalue weighted by atomic mass is 9.96. The second kappa shape index (κ2) is 6.34. The van der Waals surface area contributed by atoms with Gasteiger partial charge in [0.15, 0.2) is 0 Å². The predicted octanol–water partition coefficient (Wildman–Crippen LogP) is 2.44. The number of carbonyl (C=O) groups excluding carboxylic acids is 1. The van der Waals surface area contributed by atoms with Crippen molar-refractivity contribution >= 4 is 22.2 Å². The van der Waals surface area contributed by atoms with Gasteiger partial charge < -0.3 is 9.88 Å². The Morgan fingerprint density at radius 3 is 2.96 bits per heavy atom. The third kappa shape index (κ3) is 3.17. The number of nitrogens with one attached hydrogen (secondary N) is 1. The SMILES string of the molecule is N#Cc1c(NC(=O)Cn2cc(F)ccc2=O)sc2c1CCCC2. The van der Waals surface area contributed by atoms with Gasteiger partial charge in [-0.05, 0) is 37.3 Å². The van der Waals surface area contributed by atoms with Gasteiger partial charge in [0.1, 0.15) is 23.4 Å². The second-order valence-electron chi connectivity index (χ2n) is 5.39. The predicted molar refractivity (Wildman–Crippen MR) is 85.0 cm³/mol. The number of nitrogens with zero attached hydrogens (tertiary/aromatic N) is 2. The molecule has 0 bridgehead atoms.